The number of carbonyl (C=O) groups is 1. The number of amides is 1. The molecule has 0 spiro atoms. The third-order valence-electron chi connectivity index (χ3n) is 4.53. The van der Waals surface area contributed by atoms with Crippen LogP contribution in [0.1, 0.15) is 30.0 Å². The van der Waals surface area contributed by atoms with Crippen LogP contribution in [0.5, 0.6) is 0 Å². The van der Waals surface area contributed by atoms with Crippen LogP contribution >= 0.6 is 0 Å². The third-order valence-corrected chi connectivity index (χ3v) is 4.53. The second kappa shape index (κ2) is 7.13. The van der Waals surface area contributed by atoms with E-state index >= 15 is 0 Å². The molecule has 1 aromatic heterocycles. The number of aromatic nitrogens is 2. The van der Waals surface area contributed by atoms with Gasteiger partial charge in [0.2, 0.25) is 5.91 Å². The SMILES string of the molecule is COCCc1cnc2n1CCN(C(=O)Cc1ccc(F)cc1)[C@H]2C. The first-order valence-corrected chi connectivity index (χ1v) is 8.17. The van der Waals surface area contributed by atoms with Crippen molar-refractivity contribution in [3.05, 3.63) is 53.4 Å². The summed E-state index contributed by atoms with van der Waals surface area (Å²) in [5.74, 6) is 0.671. The first-order valence-electron chi connectivity index (χ1n) is 8.17. The van der Waals surface area contributed by atoms with Crippen LogP contribution in [0.15, 0.2) is 30.5 Å². The molecule has 128 valence electrons. The van der Waals surface area contributed by atoms with Crippen molar-refractivity contribution in [3.8, 4) is 0 Å². The van der Waals surface area contributed by atoms with Gasteiger partial charge in [-0.1, -0.05) is 12.1 Å². The highest BCUT2D eigenvalue weighted by molar-refractivity contribution is 5.79. The number of halogens is 1. The van der Waals surface area contributed by atoms with Gasteiger partial charge in [-0.2, -0.15) is 0 Å². The molecule has 0 aliphatic carbocycles. The largest absolute Gasteiger partial charge is 0.384 e. The summed E-state index contributed by atoms with van der Waals surface area (Å²) in [7, 11) is 1.69. The van der Waals surface area contributed by atoms with Gasteiger partial charge in [0.1, 0.15) is 11.6 Å². The van der Waals surface area contributed by atoms with Crippen molar-refractivity contribution in [1.29, 1.82) is 0 Å². The van der Waals surface area contributed by atoms with Crippen molar-refractivity contribution >= 4 is 5.91 Å². The van der Waals surface area contributed by atoms with Crippen LogP contribution in [-0.4, -0.2) is 40.6 Å². The highest BCUT2D eigenvalue weighted by Gasteiger charge is 2.30. The molecule has 0 unspecified atom stereocenters. The Kier molecular flexibility index (Phi) is 4.94. The van der Waals surface area contributed by atoms with Crippen molar-refractivity contribution in [2.45, 2.75) is 32.4 Å². The Morgan fingerprint density at radius 3 is 2.79 bits per heavy atom. The third kappa shape index (κ3) is 3.33. The summed E-state index contributed by atoms with van der Waals surface area (Å²) in [6.07, 6.45) is 2.97. The van der Waals surface area contributed by atoms with Crippen molar-refractivity contribution in [3.63, 3.8) is 0 Å². The van der Waals surface area contributed by atoms with E-state index in [0.29, 0.717) is 13.2 Å². The van der Waals surface area contributed by atoms with Crippen LogP contribution in [0.25, 0.3) is 0 Å². The van der Waals surface area contributed by atoms with Gasteiger partial charge in [0.25, 0.3) is 0 Å². The normalized spacial score (nSPS) is 17.0. The summed E-state index contributed by atoms with van der Waals surface area (Å²) < 4.78 is 20.3. The van der Waals surface area contributed by atoms with E-state index in [-0.39, 0.29) is 24.2 Å². The van der Waals surface area contributed by atoms with Crippen LogP contribution in [0.4, 0.5) is 4.39 Å². The molecule has 0 radical (unpaired) electrons. The Morgan fingerprint density at radius 1 is 1.33 bits per heavy atom. The summed E-state index contributed by atoms with van der Waals surface area (Å²) in [6, 6.07) is 6.02. The first kappa shape index (κ1) is 16.6. The van der Waals surface area contributed by atoms with E-state index in [1.807, 2.05) is 18.0 Å². The number of methoxy groups -OCH3 is 1. The van der Waals surface area contributed by atoms with E-state index in [2.05, 4.69) is 9.55 Å². The average molecular weight is 331 g/mol. The van der Waals surface area contributed by atoms with Crippen molar-refractivity contribution in [1.82, 2.24) is 14.5 Å². The monoisotopic (exact) mass is 331 g/mol. The summed E-state index contributed by atoms with van der Waals surface area (Å²) in [6.45, 7) is 4.06. The van der Waals surface area contributed by atoms with E-state index in [9.17, 15) is 9.18 Å². The van der Waals surface area contributed by atoms with Crippen molar-refractivity contribution < 1.29 is 13.9 Å². The van der Waals surface area contributed by atoms with Gasteiger partial charge in [0.15, 0.2) is 0 Å². The summed E-state index contributed by atoms with van der Waals surface area (Å²) in [4.78, 5) is 19.0. The highest BCUT2D eigenvalue weighted by atomic mass is 19.1. The second-order valence-electron chi connectivity index (χ2n) is 6.07. The minimum Gasteiger partial charge on any atom is -0.384 e. The number of ether oxygens (including phenoxy) is 1. The number of hydrogen-bond acceptors (Lipinski definition) is 3. The van der Waals surface area contributed by atoms with Gasteiger partial charge < -0.3 is 14.2 Å². The predicted octanol–water partition coefficient (Wildman–Crippen LogP) is 2.36. The fourth-order valence-corrected chi connectivity index (χ4v) is 3.18. The molecule has 0 saturated carbocycles. The Labute approximate surface area is 141 Å². The lowest BCUT2D eigenvalue weighted by atomic mass is 10.1. The first-order chi connectivity index (χ1) is 11.6. The topological polar surface area (TPSA) is 47.4 Å². The zero-order chi connectivity index (χ0) is 17.1. The minimum atomic E-state index is -0.289. The summed E-state index contributed by atoms with van der Waals surface area (Å²) >= 11 is 0. The van der Waals surface area contributed by atoms with Gasteiger partial charge in [-0.25, -0.2) is 9.37 Å². The van der Waals surface area contributed by atoms with Gasteiger partial charge in [0.05, 0.1) is 19.1 Å². The molecule has 1 aromatic carbocycles. The molecule has 1 aliphatic heterocycles. The summed E-state index contributed by atoms with van der Waals surface area (Å²) in [5, 5.41) is 0. The maximum atomic E-state index is 13.0. The quantitative estimate of drug-likeness (QED) is 0.845. The molecule has 3 rings (SSSR count). The molecule has 1 atom stereocenters. The Balaban J connectivity index is 1.71. The van der Waals surface area contributed by atoms with E-state index < -0.39 is 0 Å². The maximum absolute atomic E-state index is 13.0. The Bertz CT molecular complexity index is 712. The molecule has 0 N–H and O–H groups in total. The van der Waals surface area contributed by atoms with Crippen LogP contribution in [0, 0.1) is 5.82 Å². The number of benzene rings is 1. The highest BCUT2D eigenvalue weighted by Crippen LogP contribution is 2.26. The zero-order valence-electron chi connectivity index (χ0n) is 14.0. The molecule has 0 bridgehead atoms. The number of imidazole rings is 1. The molecule has 0 saturated heterocycles. The smallest absolute Gasteiger partial charge is 0.227 e. The molecule has 1 aliphatic rings. The van der Waals surface area contributed by atoms with Crippen LogP contribution in [0.3, 0.4) is 0 Å². The van der Waals surface area contributed by atoms with Crippen LogP contribution in [0.2, 0.25) is 0 Å². The van der Waals surface area contributed by atoms with Gasteiger partial charge in [-0.3, -0.25) is 4.79 Å². The minimum absolute atomic E-state index is 0.0433. The van der Waals surface area contributed by atoms with E-state index in [1.54, 1.807) is 19.2 Å². The van der Waals surface area contributed by atoms with E-state index in [0.717, 1.165) is 30.0 Å². The molecule has 6 heteroatoms. The lowest BCUT2D eigenvalue weighted by Crippen LogP contribution is -2.42. The lowest BCUT2D eigenvalue weighted by Gasteiger charge is -2.34. The predicted molar refractivity (Wildman–Crippen MR) is 88.0 cm³/mol. The molecule has 5 nitrogen and oxygen atoms in total. The van der Waals surface area contributed by atoms with Crippen LogP contribution < -0.4 is 0 Å². The number of nitrogens with zero attached hydrogens (tertiary/aromatic N) is 3. The van der Waals surface area contributed by atoms with Gasteiger partial charge in [-0.15, -0.1) is 0 Å². The fourth-order valence-electron chi connectivity index (χ4n) is 3.18. The average Bonchev–Trinajstić information content (AvgIpc) is 2.99. The Hall–Kier alpha value is -2.21. The Morgan fingerprint density at radius 2 is 2.08 bits per heavy atom. The number of fused-ring (bicyclic) bond motifs is 1. The fraction of sp³-hybridized carbons (Fsp3) is 0.444. The van der Waals surface area contributed by atoms with Crippen molar-refractivity contribution in [2.24, 2.45) is 0 Å². The van der Waals surface area contributed by atoms with E-state index in [1.165, 1.54) is 12.1 Å². The van der Waals surface area contributed by atoms with Gasteiger partial charge in [-0.05, 0) is 24.6 Å². The molecule has 0 fully saturated rings. The molecule has 24 heavy (non-hydrogen) atoms. The zero-order valence-corrected chi connectivity index (χ0v) is 14.0. The molecule has 2 heterocycles. The van der Waals surface area contributed by atoms with Crippen LogP contribution in [-0.2, 0) is 28.9 Å². The molecular weight excluding hydrogens is 309 g/mol. The number of hydrogen-bond donors (Lipinski definition) is 0. The van der Waals surface area contributed by atoms with E-state index in [4.69, 9.17) is 4.74 Å². The number of carbonyl (C=O) groups excluding carboxylic acids is 1. The van der Waals surface area contributed by atoms with Crippen molar-refractivity contribution in [2.75, 3.05) is 20.3 Å². The lowest BCUT2D eigenvalue weighted by molar-refractivity contribution is -0.133. The van der Waals surface area contributed by atoms with Gasteiger partial charge >= 0.3 is 0 Å². The molecular formula is C18H22FN3O2. The summed E-state index contributed by atoms with van der Waals surface area (Å²) in [5.41, 5.74) is 1.97. The molecule has 1 amide bonds. The number of rotatable bonds is 5. The van der Waals surface area contributed by atoms with Gasteiger partial charge in [0, 0.05) is 38.5 Å². The standard InChI is InChI=1S/C18H22FN3O2/c1-13-18-20-12-16(7-10-24-2)22(18)9-8-21(13)17(23)11-14-3-5-15(19)6-4-14/h3-6,12-13H,7-11H2,1-2H3/t13-/m0/s1. The molecule has 2 aromatic rings. The second-order valence-corrected chi connectivity index (χ2v) is 6.07. The maximum Gasteiger partial charge on any atom is 0.227 e.